The molecule has 1 atom stereocenters. The number of likely N-dealkylation sites (tertiary alicyclic amines) is 1. The summed E-state index contributed by atoms with van der Waals surface area (Å²) in [5, 5.41) is 2.81. The van der Waals surface area contributed by atoms with Gasteiger partial charge in [0.05, 0.1) is 12.1 Å². The van der Waals surface area contributed by atoms with E-state index in [1.807, 2.05) is 13.8 Å². The van der Waals surface area contributed by atoms with E-state index in [1.54, 1.807) is 4.90 Å². The molecule has 1 heterocycles. The van der Waals surface area contributed by atoms with Crippen LogP contribution in [0.2, 0.25) is 5.02 Å². The smallest absolute Gasteiger partial charge is 0.255 e. The van der Waals surface area contributed by atoms with Crippen molar-refractivity contribution in [2.24, 2.45) is 5.73 Å². The molecule has 0 radical (unpaired) electrons. The van der Waals surface area contributed by atoms with Gasteiger partial charge in [-0.3, -0.25) is 14.4 Å². The van der Waals surface area contributed by atoms with Crippen molar-refractivity contribution in [2.45, 2.75) is 32.4 Å². The van der Waals surface area contributed by atoms with Gasteiger partial charge in [0.1, 0.15) is 6.04 Å². The monoisotopic (exact) mass is 383 g/mol. The highest BCUT2D eigenvalue weighted by molar-refractivity contribution is 6.32. The molecule has 1 fully saturated rings. The van der Waals surface area contributed by atoms with Crippen LogP contribution in [0, 0.1) is 0 Å². The number of hydrogen-bond acceptors (Lipinski definition) is 5. The van der Waals surface area contributed by atoms with Crippen LogP contribution in [0.1, 0.15) is 30.6 Å². The van der Waals surface area contributed by atoms with Crippen molar-refractivity contribution in [3.63, 3.8) is 0 Å². The minimum atomic E-state index is -0.667. The standard InChI is InChI=1S/C17H22ClN3O5/c1-9(2)21-5-4-12(17(21)24)20-16(23)10-6-11(18)15(13(7-10)25-3)26-8-14(19)22/h6-7,9,12H,4-5,8H2,1-3H3,(H2,19,22)(H,20,23). The zero-order chi connectivity index (χ0) is 19.4. The van der Waals surface area contributed by atoms with Crippen LogP contribution in [-0.2, 0) is 9.59 Å². The van der Waals surface area contributed by atoms with Crippen molar-refractivity contribution < 1.29 is 23.9 Å². The number of nitrogens with one attached hydrogen (secondary N) is 1. The van der Waals surface area contributed by atoms with E-state index in [2.05, 4.69) is 5.32 Å². The number of primary amides is 1. The second-order valence-corrected chi connectivity index (χ2v) is 6.59. The summed E-state index contributed by atoms with van der Waals surface area (Å²) >= 11 is 6.14. The number of carbonyl (C=O) groups is 3. The number of nitrogens with zero attached hydrogens (tertiary/aromatic N) is 1. The summed E-state index contributed by atoms with van der Waals surface area (Å²) in [5.74, 6) is -0.916. The van der Waals surface area contributed by atoms with Crippen molar-refractivity contribution in [2.75, 3.05) is 20.3 Å². The SMILES string of the molecule is COc1cc(C(=O)NC2CCN(C(C)C)C2=O)cc(Cl)c1OCC(N)=O. The maximum Gasteiger partial charge on any atom is 0.255 e. The summed E-state index contributed by atoms with van der Waals surface area (Å²) in [5.41, 5.74) is 5.27. The zero-order valence-corrected chi connectivity index (χ0v) is 15.6. The summed E-state index contributed by atoms with van der Waals surface area (Å²) < 4.78 is 10.4. The van der Waals surface area contributed by atoms with E-state index in [0.29, 0.717) is 13.0 Å². The first-order valence-corrected chi connectivity index (χ1v) is 8.52. The molecule has 8 nitrogen and oxygen atoms in total. The van der Waals surface area contributed by atoms with Gasteiger partial charge in [0.25, 0.3) is 11.8 Å². The van der Waals surface area contributed by atoms with Gasteiger partial charge in [-0.15, -0.1) is 0 Å². The summed E-state index contributed by atoms with van der Waals surface area (Å²) in [6.07, 6.45) is 0.549. The van der Waals surface area contributed by atoms with Crippen LogP contribution < -0.4 is 20.5 Å². The lowest BCUT2D eigenvalue weighted by atomic mass is 10.1. The van der Waals surface area contributed by atoms with E-state index in [1.165, 1.54) is 19.2 Å². The lowest BCUT2D eigenvalue weighted by Crippen LogP contribution is -2.43. The van der Waals surface area contributed by atoms with E-state index in [0.717, 1.165) is 0 Å². The average Bonchev–Trinajstić information content (AvgIpc) is 2.93. The van der Waals surface area contributed by atoms with Crippen molar-refractivity contribution in [3.05, 3.63) is 22.7 Å². The van der Waals surface area contributed by atoms with Gasteiger partial charge in [-0.2, -0.15) is 0 Å². The number of benzene rings is 1. The van der Waals surface area contributed by atoms with Gasteiger partial charge in [0.15, 0.2) is 18.1 Å². The Morgan fingerprint density at radius 3 is 2.65 bits per heavy atom. The predicted octanol–water partition coefficient (Wildman–Crippen LogP) is 0.952. The fraction of sp³-hybridized carbons (Fsp3) is 0.471. The van der Waals surface area contributed by atoms with Crippen LogP contribution >= 0.6 is 11.6 Å². The molecule has 1 aromatic rings. The summed E-state index contributed by atoms with van der Waals surface area (Å²) in [7, 11) is 1.38. The Morgan fingerprint density at radius 2 is 2.12 bits per heavy atom. The predicted molar refractivity (Wildman–Crippen MR) is 95.4 cm³/mol. The number of rotatable bonds is 7. The molecule has 3 N–H and O–H groups in total. The first-order chi connectivity index (χ1) is 12.2. The molecule has 1 aromatic carbocycles. The molecule has 142 valence electrons. The molecule has 0 aliphatic carbocycles. The molecule has 2 rings (SSSR count). The lowest BCUT2D eigenvalue weighted by molar-refractivity contribution is -0.130. The number of hydrogen-bond donors (Lipinski definition) is 2. The molecule has 1 aliphatic rings. The normalized spacial score (nSPS) is 16.7. The highest BCUT2D eigenvalue weighted by Gasteiger charge is 2.34. The number of amides is 3. The molecule has 3 amide bonds. The zero-order valence-electron chi connectivity index (χ0n) is 14.9. The minimum absolute atomic E-state index is 0.0839. The Hall–Kier alpha value is -2.48. The molecule has 1 unspecified atom stereocenters. The summed E-state index contributed by atoms with van der Waals surface area (Å²) in [6, 6.07) is 2.33. The van der Waals surface area contributed by atoms with Gasteiger partial charge in [-0.25, -0.2) is 0 Å². The molecule has 1 aliphatic heterocycles. The quantitative estimate of drug-likeness (QED) is 0.728. The Balaban J connectivity index is 2.15. The van der Waals surface area contributed by atoms with Crippen LogP contribution in [0.5, 0.6) is 11.5 Å². The fourth-order valence-corrected chi connectivity index (χ4v) is 2.99. The number of nitrogens with two attached hydrogens (primary N) is 1. The van der Waals surface area contributed by atoms with Crippen LogP contribution in [0.4, 0.5) is 0 Å². The molecular formula is C17H22ClN3O5. The largest absolute Gasteiger partial charge is 0.493 e. The van der Waals surface area contributed by atoms with Gasteiger partial charge < -0.3 is 25.4 Å². The highest BCUT2D eigenvalue weighted by atomic mass is 35.5. The maximum atomic E-state index is 12.5. The Bertz CT molecular complexity index is 723. The van der Waals surface area contributed by atoms with Gasteiger partial charge in [0.2, 0.25) is 5.91 Å². The first kappa shape index (κ1) is 19.8. The van der Waals surface area contributed by atoms with Crippen LogP contribution in [-0.4, -0.2) is 55.0 Å². The Morgan fingerprint density at radius 1 is 1.42 bits per heavy atom. The number of halogens is 1. The van der Waals surface area contributed by atoms with Crippen molar-refractivity contribution in [3.8, 4) is 11.5 Å². The Kier molecular flexibility index (Phi) is 6.31. The van der Waals surface area contributed by atoms with Gasteiger partial charge >= 0.3 is 0 Å². The van der Waals surface area contributed by atoms with E-state index in [4.69, 9.17) is 26.8 Å². The topological polar surface area (TPSA) is 111 Å². The van der Waals surface area contributed by atoms with Gasteiger partial charge in [-0.1, -0.05) is 11.6 Å². The molecule has 26 heavy (non-hydrogen) atoms. The van der Waals surface area contributed by atoms with Crippen molar-refractivity contribution >= 4 is 29.3 Å². The van der Waals surface area contributed by atoms with Crippen molar-refractivity contribution in [1.29, 1.82) is 0 Å². The third-order valence-electron chi connectivity index (χ3n) is 4.02. The van der Waals surface area contributed by atoms with Crippen molar-refractivity contribution in [1.82, 2.24) is 10.2 Å². The lowest BCUT2D eigenvalue weighted by Gasteiger charge is -2.21. The molecule has 0 saturated carbocycles. The average molecular weight is 384 g/mol. The number of ether oxygens (including phenoxy) is 2. The molecule has 0 aromatic heterocycles. The van der Waals surface area contributed by atoms with Crippen LogP contribution in [0.25, 0.3) is 0 Å². The summed E-state index contributed by atoms with van der Waals surface area (Å²) in [4.78, 5) is 37.4. The molecule has 0 spiro atoms. The summed E-state index contributed by atoms with van der Waals surface area (Å²) in [6.45, 7) is 4.09. The minimum Gasteiger partial charge on any atom is -0.493 e. The first-order valence-electron chi connectivity index (χ1n) is 8.14. The maximum absolute atomic E-state index is 12.5. The molecular weight excluding hydrogens is 362 g/mol. The van der Waals surface area contributed by atoms with E-state index < -0.39 is 17.9 Å². The second-order valence-electron chi connectivity index (χ2n) is 6.18. The fourth-order valence-electron chi connectivity index (χ4n) is 2.72. The second kappa shape index (κ2) is 8.27. The van der Waals surface area contributed by atoms with E-state index in [-0.39, 0.29) is 40.6 Å². The molecule has 0 bridgehead atoms. The van der Waals surface area contributed by atoms with Gasteiger partial charge in [0, 0.05) is 18.2 Å². The number of methoxy groups -OCH3 is 1. The van der Waals surface area contributed by atoms with E-state index in [9.17, 15) is 14.4 Å². The third kappa shape index (κ3) is 4.37. The van der Waals surface area contributed by atoms with Crippen LogP contribution in [0.3, 0.4) is 0 Å². The number of carbonyl (C=O) groups excluding carboxylic acids is 3. The third-order valence-corrected chi connectivity index (χ3v) is 4.30. The van der Waals surface area contributed by atoms with E-state index >= 15 is 0 Å². The van der Waals surface area contributed by atoms with Gasteiger partial charge in [-0.05, 0) is 32.4 Å². The highest BCUT2D eigenvalue weighted by Crippen LogP contribution is 2.36. The van der Waals surface area contributed by atoms with Crippen LogP contribution in [0.15, 0.2) is 12.1 Å². The Labute approximate surface area is 156 Å². The molecule has 1 saturated heterocycles. The molecule has 9 heteroatoms.